The fourth-order valence-corrected chi connectivity index (χ4v) is 11.8. The smallest absolute Gasteiger partial charge is 0.241 e. The third-order valence-corrected chi connectivity index (χ3v) is 15.0. The van der Waals surface area contributed by atoms with E-state index in [0.717, 1.165) is 6.07 Å². The molecule has 0 fully saturated rings. The van der Waals surface area contributed by atoms with Crippen molar-refractivity contribution in [2.45, 2.75) is 19.7 Å². The predicted molar refractivity (Wildman–Crippen MR) is 134 cm³/mol. The van der Waals surface area contributed by atoms with Gasteiger partial charge < -0.3 is 0 Å². The van der Waals surface area contributed by atoms with Gasteiger partial charge in [-0.2, -0.15) is 12.0 Å². The summed E-state index contributed by atoms with van der Waals surface area (Å²) in [7, 11) is -20.7. The highest BCUT2D eigenvalue weighted by Gasteiger charge is 2.79. The van der Waals surface area contributed by atoms with Crippen molar-refractivity contribution < 1.29 is 27.6 Å². The number of hydrogen-bond acceptors (Lipinski definition) is 4. The highest BCUT2D eigenvalue weighted by Crippen LogP contribution is 3.04. The zero-order valence-electron chi connectivity index (χ0n) is 17.7. The van der Waals surface area contributed by atoms with Crippen LogP contribution < -0.4 is 0 Å². The highest BCUT2D eigenvalue weighted by atomic mass is 79.9. The van der Waals surface area contributed by atoms with Gasteiger partial charge in [-0.3, -0.25) is 0 Å². The van der Waals surface area contributed by atoms with Crippen molar-refractivity contribution in [3.8, 4) is 0 Å². The largest absolute Gasteiger partial charge is 0.398 e. The number of rotatable bonds is 7. The lowest BCUT2D eigenvalue weighted by atomic mass is 10.4. The monoisotopic (exact) mass is 607 g/mol. The van der Waals surface area contributed by atoms with Gasteiger partial charge in [-0.05, 0) is 74.8 Å². The second-order valence-corrected chi connectivity index (χ2v) is 17.7. The Bertz CT molecular complexity index is 1360. The molecule has 186 valence electrons. The average molecular weight is 608 g/mol. The Kier molecular flexibility index (Phi) is 6.13. The van der Waals surface area contributed by atoms with Crippen LogP contribution in [-0.2, 0) is 12.8 Å². The van der Waals surface area contributed by atoms with Gasteiger partial charge in [0.25, 0.3) is 0 Å². The van der Waals surface area contributed by atoms with Crippen LogP contribution in [-0.4, -0.2) is 13.4 Å². The maximum Gasteiger partial charge on any atom is 0.398 e. The van der Waals surface area contributed by atoms with Crippen LogP contribution >= 0.6 is 35.1 Å². The summed E-state index contributed by atoms with van der Waals surface area (Å²) in [5, 5.41) is -2.17. The molecule has 0 amide bonds. The molecule has 0 unspecified atom stereocenters. The molecule has 0 atom stereocenters. The van der Waals surface area contributed by atoms with Gasteiger partial charge in [0.1, 0.15) is 0 Å². The second-order valence-electron chi connectivity index (χ2n) is 7.28. The first-order valence-corrected chi connectivity index (χ1v) is 16.2. The van der Waals surface area contributed by atoms with E-state index in [9.17, 15) is 8.42 Å². The average Bonchev–Trinajstić information content (AvgIpc) is 2.83. The molecule has 0 saturated heterocycles. The maximum atomic E-state index is 15.5. The van der Waals surface area contributed by atoms with Crippen molar-refractivity contribution >= 4 is 44.3 Å². The SMILES string of the molecule is O=S(=O)(OS(c1ccccc1)(c1ccccc1)c1ccccc1)S(F)(F)(F)(F)c1ccc(Br)cn1. The van der Waals surface area contributed by atoms with Gasteiger partial charge in [0.05, 0.1) is 0 Å². The predicted octanol–water partition coefficient (Wildman–Crippen LogP) is 8.78. The number of pyridine rings is 1. The quantitative estimate of drug-likeness (QED) is 0.156. The maximum absolute atomic E-state index is 15.5. The molecule has 12 heteroatoms. The number of aromatic nitrogens is 1. The highest BCUT2D eigenvalue weighted by molar-refractivity contribution is 9.10. The van der Waals surface area contributed by atoms with E-state index < -0.39 is 33.4 Å². The van der Waals surface area contributed by atoms with Crippen LogP contribution in [0.5, 0.6) is 0 Å². The minimum absolute atomic E-state index is 0.116. The molecule has 0 radical (unpaired) electrons. The summed E-state index contributed by atoms with van der Waals surface area (Å²) in [5.41, 5.74) is 0. The third-order valence-electron chi connectivity index (χ3n) is 4.92. The Labute approximate surface area is 209 Å². The molecule has 0 aliphatic carbocycles. The van der Waals surface area contributed by atoms with Gasteiger partial charge in [-0.25, -0.2) is 4.98 Å². The van der Waals surface area contributed by atoms with E-state index in [-0.39, 0.29) is 25.2 Å². The number of nitrogens with zero attached hydrogens (tertiary/aromatic N) is 1. The number of halogens is 5. The van der Waals surface area contributed by atoms with Gasteiger partial charge in [0.2, 0.25) is 0 Å². The van der Waals surface area contributed by atoms with Crippen LogP contribution in [0.25, 0.3) is 0 Å². The van der Waals surface area contributed by atoms with Crippen molar-refractivity contribution in [1.82, 2.24) is 4.98 Å². The Morgan fingerprint density at radius 3 is 1.40 bits per heavy atom. The van der Waals surface area contributed by atoms with Crippen LogP contribution in [0.15, 0.2) is 134 Å². The summed E-state index contributed by atoms with van der Waals surface area (Å²) in [6.07, 6.45) is 0.675. The normalized spacial score (nSPS) is 15.1. The molecule has 0 saturated carbocycles. The molecule has 4 aromatic rings. The zero-order chi connectivity index (χ0) is 25.4. The van der Waals surface area contributed by atoms with Gasteiger partial charge in [0, 0.05) is 25.4 Å². The summed E-state index contributed by atoms with van der Waals surface area (Å²) in [6, 6.07) is 24.0. The molecular formula is C23H18BrF4NO3S3. The number of benzene rings is 3. The first kappa shape index (κ1) is 25.7. The van der Waals surface area contributed by atoms with Crippen molar-refractivity contribution in [3.63, 3.8) is 0 Å². The Balaban J connectivity index is 2.06. The molecule has 0 N–H and O–H groups in total. The first-order chi connectivity index (χ1) is 16.3. The third kappa shape index (κ3) is 4.27. The lowest BCUT2D eigenvalue weighted by Crippen LogP contribution is -2.30. The molecule has 1 heterocycles. The molecular weight excluding hydrogens is 590 g/mol. The molecule has 3 aromatic carbocycles. The van der Waals surface area contributed by atoms with Crippen LogP contribution in [0.3, 0.4) is 0 Å². The van der Waals surface area contributed by atoms with Gasteiger partial charge in [-0.1, -0.05) is 54.6 Å². The molecule has 0 aliphatic heterocycles. The van der Waals surface area contributed by atoms with Crippen molar-refractivity contribution in [1.29, 1.82) is 0 Å². The minimum atomic E-state index is -10.2. The van der Waals surface area contributed by atoms with E-state index in [4.69, 9.17) is 3.63 Å². The molecule has 0 bridgehead atoms. The summed E-state index contributed by atoms with van der Waals surface area (Å²) in [6.45, 7) is 0. The van der Waals surface area contributed by atoms with E-state index >= 15 is 15.5 Å². The summed E-state index contributed by atoms with van der Waals surface area (Å²) in [5.74, 6) is 0. The molecule has 1 aromatic heterocycles. The standard InChI is InChI=1S/C23H18BrF4NO3S3/c24-19-16-17-23(29-18-19)35(25,26,27,28)34(30,31)32-33(20-10-4-1-5-11-20,21-12-6-2-7-13-21)22-14-8-3-9-15-22/h1-18H. The molecule has 0 spiro atoms. The van der Waals surface area contributed by atoms with Crippen LogP contribution in [0.4, 0.5) is 15.5 Å². The van der Waals surface area contributed by atoms with Crippen molar-refractivity contribution in [3.05, 3.63) is 114 Å². The van der Waals surface area contributed by atoms with Gasteiger partial charge in [-0.15, -0.1) is 15.5 Å². The molecule has 4 nitrogen and oxygen atoms in total. The van der Waals surface area contributed by atoms with E-state index in [1.54, 1.807) is 54.6 Å². The van der Waals surface area contributed by atoms with E-state index in [1.807, 2.05) is 0 Å². The summed E-state index contributed by atoms with van der Waals surface area (Å²) < 4.78 is 93.8. The van der Waals surface area contributed by atoms with Gasteiger partial charge >= 0.3 is 18.0 Å². The topological polar surface area (TPSA) is 56.3 Å². The fraction of sp³-hybridized carbons (Fsp3) is 0. The first-order valence-electron chi connectivity index (χ1n) is 9.87. The second kappa shape index (κ2) is 8.34. The van der Waals surface area contributed by atoms with Crippen molar-refractivity contribution in [2.24, 2.45) is 0 Å². The summed E-state index contributed by atoms with van der Waals surface area (Å²) >= 11 is 2.92. The lowest BCUT2D eigenvalue weighted by molar-refractivity contribution is 0.437. The van der Waals surface area contributed by atoms with E-state index in [0.29, 0.717) is 6.20 Å². The van der Waals surface area contributed by atoms with E-state index in [2.05, 4.69) is 20.9 Å². The molecule has 0 aliphatic rings. The zero-order valence-corrected chi connectivity index (χ0v) is 21.7. The van der Waals surface area contributed by atoms with Crippen LogP contribution in [0.2, 0.25) is 0 Å². The van der Waals surface area contributed by atoms with Crippen molar-refractivity contribution in [2.75, 3.05) is 0 Å². The van der Waals surface area contributed by atoms with Crippen LogP contribution in [0, 0.1) is 0 Å². The number of hydrogen-bond donors (Lipinski definition) is 0. The lowest BCUT2D eigenvalue weighted by Gasteiger charge is -2.49. The van der Waals surface area contributed by atoms with Gasteiger partial charge in [0.15, 0.2) is 5.03 Å². The van der Waals surface area contributed by atoms with Crippen LogP contribution in [0.1, 0.15) is 0 Å². The fourth-order valence-electron chi connectivity index (χ4n) is 3.24. The van der Waals surface area contributed by atoms with E-state index in [1.165, 1.54) is 36.4 Å². The Morgan fingerprint density at radius 1 is 0.657 bits per heavy atom. The molecule has 35 heavy (non-hydrogen) atoms. The Hall–Kier alpha value is -2.38. The Morgan fingerprint density at radius 2 is 1.06 bits per heavy atom. The summed E-state index contributed by atoms with van der Waals surface area (Å²) in [4.78, 5) is 3.48. The minimum Gasteiger partial charge on any atom is -0.241 e. The molecule has 4 rings (SSSR count).